The van der Waals surface area contributed by atoms with E-state index in [1.54, 1.807) is 42.6 Å². The number of nitrogens with zero attached hydrogens (tertiary/aromatic N) is 5. The molecule has 0 unspecified atom stereocenters. The van der Waals surface area contributed by atoms with Gasteiger partial charge in [0.15, 0.2) is 7.14 Å². The molecule has 0 N–H and O–H groups in total. The van der Waals surface area contributed by atoms with E-state index in [9.17, 15) is 13.0 Å². The van der Waals surface area contributed by atoms with Gasteiger partial charge in [0.1, 0.15) is 0 Å². The Balaban J connectivity index is 0.000000111. The van der Waals surface area contributed by atoms with Crippen molar-refractivity contribution >= 4 is 163 Å². The number of pyridine rings is 5. The lowest BCUT2D eigenvalue weighted by Gasteiger charge is -2.20. The maximum atomic E-state index is 15.0. The second-order valence-electron chi connectivity index (χ2n) is 29.6. The average molecular weight is 1530 g/mol. The molecule has 10 heteroatoms. The molecular weight excluding hydrogens is 1470 g/mol. The molecule has 0 bridgehead atoms. The molecule has 0 fully saturated rings. The summed E-state index contributed by atoms with van der Waals surface area (Å²) in [6.07, 6.45) is 7.35. The summed E-state index contributed by atoms with van der Waals surface area (Å²) in [6.45, 7) is 0. The largest absolute Gasteiger partial charge is 0.309 e. The minimum absolute atomic E-state index is 0.271. The molecule has 0 radical (unpaired) electrons. The Labute approximate surface area is 674 Å². The predicted octanol–water partition coefficient (Wildman–Crippen LogP) is 26.1. The first-order chi connectivity index (χ1) is 57.7. The minimum atomic E-state index is -3.56. The molecule has 550 valence electrons. The molecule has 0 aliphatic rings. The lowest BCUT2D eigenvalue weighted by atomic mass is 9.89. The molecule has 0 amide bonds. The van der Waals surface area contributed by atoms with Gasteiger partial charge in [0, 0.05) is 111 Å². The Morgan fingerprint density at radius 2 is 0.632 bits per heavy atom. The first kappa shape index (κ1) is 70.2. The van der Waals surface area contributed by atoms with E-state index in [4.69, 9.17) is 15.0 Å². The van der Waals surface area contributed by atoms with Gasteiger partial charge in [-0.3, -0.25) is 9.97 Å². The van der Waals surface area contributed by atoms with Gasteiger partial charge in [0.05, 0.1) is 43.4 Å². The monoisotopic (exact) mass is 1530 g/mol. The van der Waals surface area contributed by atoms with Crippen LogP contribution in [0.25, 0.3) is 186 Å². The maximum Gasteiger partial charge on any atom is 0.206 e. The van der Waals surface area contributed by atoms with E-state index in [-0.39, 0.29) is 4.90 Å². The van der Waals surface area contributed by atoms with Crippen LogP contribution in [0.1, 0.15) is 0 Å². The molecule has 5 aromatic heterocycles. The summed E-state index contributed by atoms with van der Waals surface area (Å²) in [5.74, 6) is 0. The fourth-order valence-corrected chi connectivity index (χ4v) is 21.4. The zero-order valence-corrected chi connectivity index (χ0v) is 64.8. The fourth-order valence-electron chi connectivity index (χ4n) is 17.5. The molecule has 23 aromatic rings. The lowest BCUT2D eigenvalue weighted by molar-refractivity contribution is 0.592. The number of benzene rings is 18. The zero-order valence-electron chi connectivity index (χ0n) is 63.1. The summed E-state index contributed by atoms with van der Waals surface area (Å²) in [5.41, 5.74) is 13.1. The number of aromatic nitrogens is 5. The summed E-state index contributed by atoms with van der Waals surface area (Å²) in [7, 11) is -6.73. The third-order valence-corrected chi connectivity index (χ3v) is 27.8. The van der Waals surface area contributed by atoms with E-state index in [2.05, 4.69) is 240 Å². The second-order valence-corrected chi connectivity index (χ2v) is 34.3. The molecule has 0 aliphatic heterocycles. The molecule has 18 aromatic carbocycles. The van der Waals surface area contributed by atoms with Crippen LogP contribution in [0.4, 0.5) is 0 Å². The van der Waals surface area contributed by atoms with Gasteiger partial charge in [-0.25, -0.2) is 23.4 Å². The van der Waals surface area contributed by atoms with Gasteiger partial charge in [0.2, 0.25) is 9.84 Å². The molecule has 0 atom stereocenters. The summed E-state index contributed by atoms with van der Waals surface area (Å²) in [5, 5.41) is 27.5. The van der Waals surface area contributed by atoms with Crippen molar-refractivity contribution in [2.75, 3.05) is 0 Å². The van der Waals surface area contributed by atoms with Crippen LogP contribution in [0.2, 0.25) is 0 Å². The van der Waals surface area contributed by atoms with Crippen LogP contribution in [-0.2, 0) is 14.4 Å². The van der Waals surface area contributed by atoms with Crippen LogP contribution in [-0.4, -0.2) is 33.3 Å². The third-order valence-electron chi connectivity index (χ3n) is 22.9. The van der Waals surface area contributed by atoms with Crippen LogP contribution >= 0.6 is 7.14 Å². The third kappa shape index (κ3) is 12.2. The van der Waals surface area contributed by atoms with Gasteiger partial charge in [-0.1, -0.05) is 328 Å². The van der Waals surface area contributed by atoms with Crippen molar-refractivity contribution in [2.24, 2.45) is 0 Å². The highest BCUT2D eigenvalue weighted by Crippen LogP contribution is 2.47. The van der Waals surface area contributed by atoms with E-state index in [0.717, 1.165) is 98.8 Å². The molecule has 5 heterocycles. The van der Waals surface area contributed by atoms with Gasteiger partial charge in [-0.2, -0.15) is 0 Å². The molecule has 0 saturated heterocycles. The SMILES string of the molecule is O=P(c1ccccc1)(c1ccccc1)c1cncc(-c2nc3ccccc3c3c2ccc2ccccc23)c1.O=S(=O)(c1ccccc1)c1ccc(-c2nc3ccccc3c3c2ccc2ccccc23)cc1.c1cncc(-c2cc3c(-c4ccc(-c5ccc6ccc7cccc8ccc5c6c78)cc4)nc4ccccc4c3c3ccccc23)c1. The normalized spacial score (nSPS) is 11.9. The number of fused-ring (bicyclic) bond motifs is 15. The summed E-state index contributed by atoms with van der Waals surface area (Å²) in [6, 6.07) is 132. The van der Waals surface area contributed by atoms with Crippen molar-refractivity contribution in [2.45, 2.75) is 9.79 Å². The Morgan fingerprint density at radius 1 is 0.222 bits per heavy atom. The highest BCUT2D eigenvalue weighted by molar-refractivity contribution is 7.91. The molecule has 8 nitrogen and oxygen atoms in total. The quantitative estimate of drug-likeness (QED) is 0.0982. The van der Waals surface area contributed by atoms with Gasteiger partial charge in [-0.15, -0.1) is 0 Å². The molecule has 117 heavy (non-hydrogen) atoms. The standard InChI is InChI=1S/C44H26N2.C34H23N2OP.C29H19NO2S/c1-2-11-35-34(10-1)38(32-9-6-24-45-26-32)25-39-43(35)37-12-3-4-13-40(37)46-44(39)31-18-14-27(15-19-31)33-22-20-30-17-16-28-7-5-8-29-21-23-36(33)42(30)41(28)29;37-38(26-12-3-1-4-13-26,27-14-5-2-6-15-27)28-21-25(22-35-23-28)34-31-20-19-24-11-7-8-16-29(24)33(31)30-17-9-10-18-32(30)36-34;31-33(32,22-9-2-1-3-10-22)23-17-14-21(15-18-23)29-26-19-16-20-8-4-5-11-24(20)28(26)25-12-6-7-13-27(25)30-29/h1-26H;1-23H;1-19H. The van der Waals surface area contributed by atoms with Crippen molar-refractivity contribution in [3.8, 4) is 56.0 Å². The Kier molecular flexibility index (Phi) is 17.4. The Bertz CT molecular complexity index is 7950. The highest BCUT2D eigenvalue weighted by atomic mass is 32.2. The van der Waals surface area contributed by atoms with Crippen molar-refractivity contribution in [3.63, 3.8) is 0 Å². The van der Waals surface area contributed by atoms with Gasteiger partial charge in [0.25, 0.3) is 0 Å². The molecule has 23 rings (SSSR count). The average Bonchev–Trinajstić information content (AvgIpc) is 0.640. The Morgan fingerprint density at radius 3 is 1.20 bits per heavy atom. The van der Waals surface area contributed by atoms with Gasteiger partial charge in [-0.05, 0) is 142 Å². The fraction of sp³-hybridized carbons (Fsp3) is 0. The van der Waals surface area contributed by atoms with E-state index >= 15 is 0 Å². The number of para-hydroxylation sites is 3. The predicted molar refractivity (Wildman–Crippen MR) is 488 cm³/mol. The highest BCUT2D eigenvalue weighted by Gasteiger charge is 2.31. The van der Waals surface area contributed by atoms with Gasteiger partial charge < -0.3 is 4.57 Å². The van der Waals surface area contributed by atoms with Crippen molar-refractivity contribution in [1.82, 2.24) is 24.9 Å². The molecular formula is C107H68N5O3PS. The van der Waals surface area contributed by atoms with Crippen LogP contribution < -0.4 is 15.9 Å². The van der Waals surface area contributed by atoms with E-state index in [1.165, 1.54) is 97.5 Å². The zero-order chi connectivity index (χ0) is 78.1. The Hall–Kier alpha value is -14.7. The number of hydrogen-bond donors (Lipinski definition) is 0. The van der Waals surface area contributed by atoms with Crippen LogP contribution in [0.5, 0.6) is 0 Å². The number of hydrogen-bond acceptors (Lipinski definition) is 8. The maximum absolute atomic E-state index is 15.0. The number of sulfone groups is 1. The van der Waals surface area contributed by atoms with Crippen LogP contribution in [0.15, 0.2) is 423 Å². The van der Waals surface area contributed by atoms with Crippen molar-refractivity contribution in [1.29, 1.82) is 0 Å². The topological polar surface area (TPSA) is 116 Å². The van der Waals surface area contributed by atoms with Crippen LogP contribution in [0, 0.1) is 0 Å². The van der Waals surface area contributed by atoms with Crippen molar-refractivity contribution < 1.29 is 13.0 Å². The van der Waals surface area contributed by atoms with E-state index < -0.39 is 17.0 Å². The smallest absolute Gasteiger partial charge is 0.206 e. The van der Waals surface area contributed by atoms with Gasteiger partial charge >= 0.3 is 0 Å². The van der Waals surface area contributed by atoms with Crippen molar-refractivity contribution in [3.05, 3.63) is 413 Å². The summed E-state index contributed by atoms with van der Waals surface area (Å²) in [4.78, 5) is 25.0. The summed E-state index contributed by atoms with van der Waals surface area (Å²) >= 11 is 0. The summed E-state index contributed by atoms with van der Waals surface area (Å²) < 4.78 is 41.0. The number of rotatable bonds is 10. The first-order valence-electron chi connectivity index (χ1n) is 39.1. The minimum Gasteiger partial charge on any atom is -0.309 e. The second kappa shape index (κ2) is 29.0. The molecule has 0 aliphatic carbocycles. The van der Waals surface area contributed by atoms with Crippen LogP contribution in [0.3, 0.4) is 0 Å². The molecule has 0 saturated carbocycles. The molecule has 0 spiro atoms. The first-order valence-corrected chi connectivity index (χ1v) is 42.3. The van der Waals surface area contributed by atoms with E-state index in [0.29, 0.717) is 10.2 Å². The van der Waals surface area contributed by atoms with E-state index in [1.807, 2.05) is 140 Å². The lowest BCUT2D eigenvalue weighted by Crippen LogP contribution is -2.25.